The highest BCUT2D eigenvalue weighted by atomic mass is 35.5. The number of oxime groups is 1. The van der Waals surface area contributed by atoms with Crippen molar-refractivity contribution in [2.45, 2.75) is 6.61 Å². The molecule has 0 radical (unpaired) electrons. The van der Waals surface area contributed by atoms with E-state index in [4.69, 9.17) is 20.0 Å². The SMILES string of the molecule is Cl.Cl.NCC1CNC/C1=N\OCc1cccc2c1OCO2. The minimum atomic E-state index is 0. The predicted octanol–water partition coefficient (Wildman–Crippen LogP) is 1.31. The van der Waals surface area contributed by atoms with Crippen LogP contribution in [0.4, 0.5) is 0 Å². The van der Waals surface area contributed by atoms with E-state index in [0.717, 1.165) is 35.9 Å². The summed E-state index contributed by atoms with van der Waals surface area (Å²) in [6.07, 6.45) is 0. The lowest BCUT2D eigenvalue weighted by Crippen LogP contribution is -2.22. The first-order valence-corrected chi connectivity index (χ1v) is 6.35. The van der Waals surface area contributed by atoms with E-state index in [1.807, 2.05) is 18.2 Å². The van der Waals surface area contributed by atoms with Crippen LogP contribution >= 0.6 is 24.8 Å². The van der Waals surface area contributed by atoms with Gasteiger partial charge in [-0.05, 0) is 6.07 Å². The molecule has 1 saturated heterocycles. The number of para-hydroxylation sites is 1. The Kier molecular flexibility index (Phi) is 7.04. The van der Waals surface area contributed by atoms with E-state index in [2.05, 4.69) is 10.5 Å². The summed E-state index contributed by atoms with van der Waals surface area (Å²) in [6.45, 7) is 2.84. The molecule has 1 atom stereocenters. The molecular weight excluding hydrogens is 317 g/mol. The number of hydrogen-bond donors (Lipinski definition) is 2. The highest BCUT2D eigenvalue weighted by Crippen LogP contribution is 2.35. The first kappa shape index (κ1) is 17.8. The monoisotopic (exact) mass is 335 g/mol. The van der Waals surface area contributed by atoms with Crippen molar-refractivity contribution in [2.75, 3.05) is 26.4 Å². The smallest absolute Gasteiger partial charge is 0.231 e. The van der Waals surface area contributed by atoms with Crippen molar-refractivity contribution in [3.63, 3.8) is 0 Å². The minimum absolute atomic E-state index is 0. The number of nitrogens with zero attached hydrogens (tertiary/aromatic N) is 1. The summed E-state index contributed by atoms with van der Waals surface area (Å²) in [4.78, 5) is 5.42. The number of benzene rings is 1. The number of halogens is 2. The average molecular weight is 336 g/mol. The number of nitrogens with one attached hydrogen (secondary N) is 1. The van der Waals surface area contributed by atoms with Crippen molar-refractivity contribution in [1.29, 1.82) is 0 Å². The van der Waals surface area contributed by atoms with Gasteiger partial charge in [0.05, 0.1) is 5.71 Å². The molecule has 2 aliphatic heterocycles. The van der Waals surface area contributed by atoms with Crippen LogP contribution in [-0.4, -0.2) is 32.1 Å². The molecule has 0 amide bonds. The molecule has 21 heavy (non-hydrogen) atoms. The van der Waals surface area contributed by atoms with Crippen molar-refractivity contribution < 1.29 is 14.3 Å². The Morgan fingerprint density at radius 3 is 3.00 bits per heavy atom. The van der Waals surface area contributed by atoms with Gasteiger partial charge < -0.3 is 25.4 Å². The van der Waals surface area contributed by atoms with Crippen molar-refractivity contribution in [3.05, 3.63) is 23.8 Å². The zero-order chi connectivity index (χ0) is 13.1. The molecule has 0 aliphatic carbocycles. The molecule has 6 nitrogen and oxygen atoms in total. The Morgan fingerprint density at radius 2 is 2.19 bits per heavy atom. The van der Waals surface area contributed by atoms with Crippen molar-refractivity contribution >= 4 is 30.5 Å². The normalized spacial score (nSPS) is 20.8. The predicted molar refractivity (Wildman–Crippen MR) is 84.7 cm³/mol. The third-order valence-electron chi connectivity index (χ3n) is 3.33. The standard InChI is InChI=1S/C13H17N3O3.2ClH/c14-4-10-5-15-6-11(10)16-19-7-9-2-1-3-12-13(9)18-8-17-12;;/h1-3,10,15H,4-8,14H2;2*1H/b16-11+;;. The van der Waals surface area contributed by atoms with E-state index in [-0.39, 0.29) is 37.5 Å². The Balaban J connectivity index is 0.00000110. The number of rotatable bonds is 4. The molecule has 0 aromatic heterocycles. The quantitative estimate of drug-likeness (QED) is 0.811. The summed E-state index contributed by atoms with van der Waals surface area (Å²) in [5, 5.41) is 7.40. The second-order valence-corrected chi connectivity index (χ2v) is 4.57. The fraction of sp³-hybridized carbons (Fsp3) is 0.462. The molecule has 0 spiro atoms. The Bertz CT molecular complexity index is 500. The van der Waals surface area contributed by atoms with Crippen LogP contribution in [0.25, 0.3) is 0 Å². The first-order chi connectivity index (χ1) is 9.38. The van der Waals surface area contributed by atoms with Crippen LogP contribution in [0.3, 0.4) is 0 Å². The van der Waals surface area contributed by atoms with E-state index < -0.39 is 0 Å². The second kappa shape index (κ2) is 8.29. The molecule has 2 heterocycles. The summed E-state index contributed by atoms with van der Waals surface area (Å²) >= 11 is 0. The molecule has 1 unspecified atom stereocenters. The number of nitrogens with two attached hydrogens (primary N) is 1. The number of hydrogen-bond acceptors (Lipinski definition) is 6. The van der Waals surface area contributed by atoms with Gasteiger partial charge in [0.15, 0.2) is 11.5 Å². The highest BCUT2D eigenvalue weighted by Gasteiger charge is 2.21. The van der Waals surface area contributed by atoms with Gasteiger partial charge >= 0.3 is 0 Å². The summed E-state index contributed by atoms with van der Waals surface area (Å²) in [7, 11) is 0. The highest BCUT2D eigenvalue weighted by molar-refractivity contribution is 5.90. The summed E-state index contributed by atoms with van der Waals surface area (Å²) in [5.41, 5.74) is 7.59. The number of ether oxygens (including phenoxy) is 2. The Labute approximate surface area is 135 Å². The van der Waals surface area contributed by atoms with Gasteiger partial charge in [0.2, 0.25) is 6.79 Å². The lowest BCUT2D eigenvalue weighted by Gasteiger charge is -2.07. The molecule has 1 aromatic rings. The lowest BCUT2D eigenvalue weighted by molar-refractivity contribution is 0.124. The molecule has 1 fully saturated rings. The van der Waals surface area contributed by atoms with Gasteiger partial charge in [0, 0.05) is 31.1 Å². The zero-order valence-corrected chi connectivity index (χ0v) is 13.0. The van der Waals surface area contributed by atoms with Crippen LogP contribution in [0.1, 0.15) is 5.56 Å². The first-order valence-electron chi connectivity index (χ1n) is 6.35. The zero-order valence-electron chi connectivity index (χ0n) is 11.4. The van der Waals surface area contributed by atoms with Gasteiger partial charge in [0.1, 0.15) is 6.61 Å². The maximum absolute atomic E-state index is 5.67. The fourth-order valence-electron chi connectivity index (χ4n) is 2.25. The summed E-state index contributed by atoms with van der Waals surface area (Å²) in [5.74, 6) is 1.79. The van der Waals surface area contributed by atoms with E-state index in [1.54, 1.807) is 0 Å². The van der Waals surface area contributed by atoms with Crippen LogP contribution in [0.15, 0.2) is 23.4 Å². The Hall–Kier alpha value is -1.21. The molecule has 0 saturated carbocycles. The largest absolute Gasteiger partial charge is 0.454 e. The number of fused-ring (bicyclic) bond motifs is 1. The van der Waals surface area contributed by atoms with Crippen LogP contribution in [0.5, 0.6) is 11.5 Å². The van der Waals surface area contributed by atoms with Gasteiger partial charge in [-0.25, -0.2) is 0 Å². The van der Waals surface area contributed by atoms with Crippen molar-refractivity contribution in [2.24, 2.45) is 16.8 Å². The molecule has 118 valence electrons. The maximum atomic E-state index is 5.67. The Morgan fingerprint density at radius 1 is 1.33 bits per heavy atom. The molecule has 0 bridgehead atoms. The van der Waals surface area contributed by atoms with Gasteiger partial charge in [0.25, 0.3) is 0 Å². The second-order valence-electron chi connectivity index (χ2n) is 4.57. The lowest BCUT2D eigenvalue weighted by atomic mass is 10.1. The van der Waals surface area contributed by atoms with E-state index >= 15 is 0 Å². The molecule has 3 rings (SSSR count). The molecular formula is C13H19Cl2N3O3. The maximum Gasteiger partial charge on any atom is 0.231 e. The third-order valence-corrected chi connectivity index (χ3v) is 3.33. The minimum Gasteiger partial charge on any atom is -0.454 e. The topological polar surface area (TPSA) is 78.1 Å². The third kappa shape index (κ3) is 3.91. The van der Waals surface area contributed by atoms with E-state index in [1.165, 1.54) is 0 Å². The van der Waals surface area contributed by atoms with E-state index in [9.17, 15) is 0 Å². The van der Waals surface area contributed by atoms with Gasteiger partial charge in [-0.15, -0.1) is 24.8 Å². The average Bonchev–Trinajstić information content (AvgIpc) is 3.07. The van der Waals surface area contributed by atoms with Gasteiger partial charge in [-0.2, -0.15) is 0 Å². The van der Waals surface area contributed by atoms with Gasteiger partial charge in [-0.1, -0.05) is 17.3 Å². The molecule has 3 N–H and O–H groups in total. The fourth-order valence-corrected chi connectivity index (χ4v) is 2.25. The van der Waals surface area contributed by atoms with Crippen molar-refractivity contribution in [1.82, 2.24) is 5.32 Å². The molecule has 1 aromatic carbocycles. The molecule has 2 aliphatic rings. The van der Waals surface area contributed by atoms with Crippen LogP contribution < -0.4 is 20.5 Å². The van der Waals surface area contributed by atoms with Crippen LogP contribution in [-0.2, 0) is 11.4 Å². The summed E-state index contributed by atoms with van der Waals surface area (Å²) in [6, 6.07) is 5.74. The van der Waals surface area contributed by atoms with E-state index in [0.29, 0.717) is 13.2 Å². The van der Waals surface area contributed by atoms with Crippen LogP contribution in [0, 0.1) is 5.92 Å². The van der Waals surface area contributed by atoms with Crippen molar-refractivity contribution in [3.8, 4) is 11.5 Å². The molecule has 8 heteroatoms. The van der Waals surface area contributed by atoms with Crippen LogP contribution in [0.2, 0.25) is 0 Å². The van der Waals surface area contributed by atoms with Gasteiger partial charge in [-0.3, -0.25) is 0 Å². The summed E-state index contributed by atoms with van der Waals surface area (Å²) < 4.78 is 10.7.